The number of methoxy groups -OCH3 is 1. The molecule has 0 aliphatic rings. The molecule has 0 amide bonds. The Labute approximate surface area is 94.7 Å². The number of rotatable bonds is 2. The molecule has 0 aliphatic carbocycles. The van der Waals surface area contributed by atoms with Crippen molar-refractivity contribution in [1.29, 1.82) is 0 Å². The van der Waals surface area contributed by atoms with E-state index in [1.54, 1.807) is 0 Å². The van der Waals surface area contributed by atoms with Gasteiger partial charge in [0.25, 0.3) is 0 Å². The van der Waals surface area contributed by atoms with Gasteiger partial charge >= 0.3 is 6.18 Å². The second kappa shape index (κ2) is 4.49. The molecule has 0 fully saturated rings. The van der Waals surface area contributed by atoms with Crippen LogP contribution in [0.25, 0.3) is 0 Å². The average molecular weight is 259 g/mol. The molecule has 1 rings (SSSR count). The van der Waals surface area contributed by atoms with Gasteiger partial charge in [0, 0.05) is 10.6 Å². The van der Waals surface area contributed by atoms with E-state index in [9.17, 15) is 13.2 Å². The Morgan fingerprint density at radius 1 is 1.33 bits per heavy atom. The SMILES string of the molecule is COc1c(CCl)cc(Cl)cc1C(F)(F)F. The molecule has 6 heteroatoms. The molecule has 0 spiro atoms. The van der Waals surface area contributed by atoms with Crippen LogP contribution in [0.15, 0.2) is 12.1 Å². The van der Waals surface area contributed by atoms with Crippen molar-refractivity contribution in [3.05, 3.63) is 28.3 Å². The Hall–Kier alpha value is -0.610. The van der Waals surface area contributed by atoms with Gasteiger partial charge in [0.2, 0.25) is 0 Å². The molecular formula is C9H7Cl2F3O. The summed E-state index contributed by atoms with van der Waals surface area (Å²) in [6.45, 7) is 0. The van der Waals surface area contributed by atoms with Crippen LogP contribution >= 0.6 is 23.2 Å². The molecule has 0 aromatic heterocycles. The fraction of sp³-hybridized carbons (Fsp3) is 0.333. The zero-order chi connectivity index (χ0) is 11.6. The number of hydrogen-bond acceptors (Lipinski definition) is 1. The zero-order valence-corrected chi connectivity index (χ0v) is 9.17. The molecule has 1 nitrogen and oxygen atoms in total. The standard InChI is InChI=1S/C9H7Cl2F3O/c1-15-8-5(4-10)2-6(11)3-7(8)9(12,13)14/h2-3H,4H2,1H3. The predicted octanol–water partition coefficient (Wildman–Crippen LogP) is 4.11. The maximum absolute atomic E-state index is 12.5. The number of benzene rings is 1. The maximum Gasteiger partial charge on any atom is 0.420 e. The van der Waals surface area contributed by atoms with Crippen molar-refractivity contribution in [3.63, 3.8) is 0 Å². The smallest absolute Gasteiger partial charge is 0.420 e. The molecule has 0 unspecified atom stereocenters. The second-order valence-corrected chi connectivity index (χ2v) is 3.48. The van der Waals surface area contributed by atoms with Gasteiger partial charge in [-0.05, 0) is 12.1 Å². The first kappa shape index (κ1) is 12.5. The summed E-state index contributed by atoms with van der Waals surface area (Å²) in [5, 5.41) is -0.0150. The lowest BCUT2D eigenvalue weighted by Gasteiger charge is -2.15. The lowest BCUT2D eigenvalue weighted by atomic mass is 10.1. The van der Waals surface area contributed by atoms with E-state index >= 15 is 0 Å². The first-order valence-electron chi connectivity index (χ1n) is 3.89. The van der Waals surface area contributed by atoms with Gasteiger partial charge in [0.15, 0.2) is 0 Å². The van der Waals surface area contributed by atoms with Gasteiger partial charge in [-0.2, -0.15) is 13.2 Å². The van der Waals surface area contributed by atoms with Crippen LogP contribution in [-0.2, 0) is 12.1 Å². The largest absolute Gasteiger partial charge is 0.496 e. The van der Waals surface area contributed by atoms with E-state index in [2.05, 4.69) is 4.74 Å². The van der Waals surface area contributed by atoms with E-state index < -0.39 is 11.7 Å². The Morgan fingerprint density at radius 3 is 2.33 bits per heavy atom. The highest BCUT2D eigenvalue weighted by molar-refractivity contribution is 6.31. The number of ether oxygens (including phenoxy) is 1. The first-order valence-corrected chi connectivity index (χ1v) is 4.81. The summed E-state index contributed by atoms with van der Waals surface area (Å²) in [6, 6.07) is 2.17. The fourth-order valence-corrected chi connectivity index (χ4v) is 1.64. The maximum atomic E-state index is 12.5. The van der Waals surface area contributed by atoms with Crippen LogP contribution in [0.3, 0.4) is 0 Å². The molecule has 0 N–H and O–H groups in total. The third-order valence-corrected chi connectivity index (χ3v) is 2.29. The molecule has 0 radical (unpaired) electrons. The highest BCUT2D eigenvalue weighted by atomic mass is 35.5. The lowest BCUT2D eigenvalue weighted by Crippen LogP contribution is -2.09. The molecule has 0 saturated heterocycles. The Kier molecular flexibility index (Phi) is 3.73. The molecule has 0 aliphatic heterocycles. The average Bonchev–Trinajstić information content (AvgIpc) is 2.15. The monoisotopic (exact) mass is 258 g/mol. The highest BCUT2D eigenvalue weighted by Gasteiger charge is 2.35. The van der Waals surface area contributed by atoms with Crippen LogP contribution in [0.4, 0.5) is 13.2 Å². The van der Waals surface area contributed by atoms with E-state index in [4.69, 9.17) is 23.2 Å². The zero-order valence-electron chi connectivity index (χ0n) is 7.66. The molecule has 0 bridgehead atoms. The van der Waals surface area contributed by atoms with Crippen molar-refractivity contribution >= 4 is 23.2 Å². The summed E-state index contributed by atoms with van der Waals surface area (Å²) in [5.74, 6) is -0.366. The van der Waals surface area contributed by atoms with Gasteiger partial charge < -0.3 is 4.74 Å². The van der Waals surface area contributed by atoms with Crippen molar-refractivity contribution in [1.82, 2.24) is 0 Å². The van der Waals surface area contributed by atoms with Crippen molar-refractivity contribution in [3.8, 4) is 5.75 Å². The van der Waals surface area contributed by atoms with E-state index in [0.717, 1.165) is 13.2 Å². The van der Waals surface area contributed by atoms with Crippen molar-refractivity contribution < 1.29 is 17.9 Å². The fourth-order valence-electron chi connectivity index (χ4n) is 1.20. The molecule has 0 atom stereocenters. The van der Waals surface area contributed by atoms with Crippen LogP contribution < -0.4 is 4.74 Å². The summed E-state index contributed by atoms with van der Waals surface area (Å²) in [5.41, 5.74) is -0.688. The summed E-state index contributed by atoms with van der Waals surface area (Å²) in [6.07, 6.45) is -4.50. The van der Waals surface area contributed by atoms with Crippen molar-refractivity contribution in [2.75, 3.05) is 7.11 Å². The third-order valence-electron chi connectivity index (χ3n) is 1.78. The number of halogens is 5. The first-order chi connectivity index (χ1) is 6.90. The molecule has 1 aromatic carbocycles. The third kappa shape index (κ3) is 2.69. The van der Waals surface area contributed by atoms with Gasteiger partial charge in [-0.15, -0.1) is 11.6 Å². The molecule has 0 saturated carbocycles. The van der Waals surface area contributed by atoms with Crippen LogP contribution in [0, 0.1) is 0 Å². The van der Waals surface area contributed by atoms with Crippen LogP contribution in [0.2, 0.25) is 5.02 Å². The predicted molar refractivity (Wildman–Crippen MR) is 52.6 cm³/mol. The molecule has 84 valence electrons. The van der Waals surface area contributed by atoms with Gasteiger partial charge in [-0.1, -0.05) is 11.6 Å². The van der Waals surface area contributed by atoms with Crippen molar-refractivity contribution in [2.45, 2.75) is 12.1 Å². The number of hydrogen-bond donors (Lipinski definition) is 0. The van der Waals surface area contributed by atoms with Gasteiger partial charge in [-0.25, -0.2) is 0 Å². The van der Waals surface area contributed by atoms with Gasteiger partial charge in [-0.3, -0.25) is 0 Å². The summed E-state index contributed by atoms with van der Waals surface area (Å²) >= 11 is 11.0. The van der Waals surface area contributed by atoms with E-state index in [1.807, 2.05) is 0 Å². The Balaban J connectivity index is 3.42. The summed E-state index contributed by atoms with van der Waals surface area (Å²) in [4.78, 5) is 0. The summed E-state index contributed by atoms with van der Waals surface area (Å²) < 4.78 is 42.3. The van der Waals surface area contributed by atoms with Crippen LogP contribution in [0.5, 0.6) is 5.75 Å². The molecular weight excluding hydrogens is 252 g/mol. The topological polar surface area (TPSA) is 9.23 Å². The van der Waals surface area contributed by atoms with E-state index in [-0.39, 0.29) is 22.2 Å². The lowest BCUT2D eigenvalue weighted by molar-refractivity contribution is -0.138. The highest BCUT2D eigenvalue weighted by Crippen LogP contribution is 2.40. The van der Waals surface area contributed by atoms with Crippen LogP contribution in [-0.4, -0.2) is 7.11 Å². The van der Waals surface area contributed by atoms with Gasteiger partial charge in [0.05, 0.1) is 18.6 Å². The van der Waals surface area contributed by atoms with E-state index in [0.29, 0.717) is 0 Å². The van der Waals surface area contributed by atoms with Crippen molar-refractivity contribution in [2.24, 2.45) is 0 Å². The minimum atomic E-state index is -4.50. The van der Waals surface area contributed by atoms with Crippen LogP contribution in [0.1, 0.15) is 11.1 Å². The quantitative estimate of drug-likeness (QED) is 0.726. The van der Waals surface area contributed by atoms with E-state index in [1.165, 1.54) is 6.07 Å². The minimum absolute atomic E-state index is 0.0150. The Morgan fingerprint density at radius 2 is 1.93 bits per heavy atom. The normalized spacial score (nSPS) is 11.6. The Bertz CT molecular complexity index is 363. The molecule has 15 heavy (non-hydrogen) atoms. The second-order valence-electron chi connectivity index (χ2n) is 2.78. The molecule has 0 heterocycles. The molecule has 1 aromatic rings. The van der Waals surface area contributed by atoms with Gasteiger partial charge in [0.1, 0.15) is 5.75 Å². The minimum Gasteiger partial charge on any atom is -0.496 e. The number of alkyl halides is 4. The summed E-state index contributed by atoms with van der Waals surface area (Å²) in [7, 11) is 1.16.